The van der Waals surface area contributed by atoms with Crippen LogP contribution in [-0.2, 0) is 13.0 Å². The van der Waals surface area contributed by atoms with Crippen molar-refractivity contribution in [1.29, 1.82) is 0 Å². The van der Waals surface area contributed by atoms with Crippen molar-refractivity contribution in [3.8, 4) is 11.5 Å². The molecule has 0 amide bonds. The fourth-order valence-corrected chi connectivity index (χ4v) is 3.79. The highest BCUT2D eigenvalue weighted by Crippen LogP contribution is 2.26. The second kappa shape index (κ2) is 17.5. The van der Waals surface area contributed by atoms with Gasteiger partial charge in [-0.05, 0) is 37.4 Å². The molecule has 0 radical (unpaired) electrons. The van der Waals surface area contributed by atoms with Crippen molar-refractivity contribution in [3.05, 3.63) is 59.7 Å². The van der Waals surface area contributed by atoms with Gasteiger partial charge in [0.1, 0.15) is 11.5 Å². The van der Waals surface area contributed by atoms with Crippen LogP contribution < -0.4 is 14.8 Å². The summed E-state index contributed by atoms with van der Waals surface area (Å²) >= 11 is 0. The lowest BCUT2D eigenvalue weighted by molar-refractivity contribution is 0.287. The SMILES string of the molecule is CCCCCCCOc1ccc(CNCCc2ccccc2)c(OCCCCCCC)c1. The maximum Gasteiger partial charge on any atom is 0.127 e. The second-order valence-electron chi connectivity index (χ2n) is 8.71. The summed E-state index contributed by atoms with van der Waals surface area (Å²) in [6, 6.07) is 17.0. The minimum atomic E-state index is 0.779. The lowest BCUT2D eigenvalue weighted by atomic mass is 10.1. The lowest BCUT2D eigenvalue weighted by Crippen LogP contribution is -2.17. The first kappa shape index (κ1) is 26.3. The van der Waals surface area contributed by atoms with E-state index in [1.165, 1.54) is 62.5 Å². The highest BCUT2D eigenvalue weighted by atomic mass is 16.5. The lowest BCUT2D eigenvalue weighted by Gasteiger charge is -2.15. The van der Waals surface area contributed by atoms with Crippen LogP contribution in [0, 0.1) is 0 Å². The topological polar surface area (TPSA) is 30.5 Å². The fourth-order valence-electron chi connectivity index (χ4n) is 3.79. The van der Waals surface area contributed by atoms with Crippen LogP contribution in [0.5, 0.6) is 11.5 Å². The van der Waals surface area contributed by atoms with Crippen molar-refractivity contribution in [2.24, 2.45) is 0 Å². The summed E-state index contributed by atoms with van der Waals surface area (Å²) in [6.45, 7) is 7.84. The monoisotopic (exact) mass is 439 g/mol. The van der Waals surface area contributed by atoms with Gasteiger partial charge in [0.15, 0.2) is 0 Å². The summed E-state index contributed by atoms with van der Waals surface area (Å²) in [5, 5.41) is 3.58. The van der Waals surface area contributed by atoms with Crippen LogP contribution in [-0.4, -0.2) is 19.8 Å². The molecule has 0 fully saturated rings. The quantitative estimate of drug-likeness (QED) is 0.227. The Hall–Kier alpha value is -2.00. The van der Waals surface area contributed by atoms with Crippen molar-refractivity contribution in [3.63, 3.8) is 0 Å². The Bertz CT molecular complexity index is 702. The van der Waals surface area contributed by atoms with Gasteiger partial charge in [0.25, 0.3) is 0 Å². The van der Waals surface area contributed by atoms with E-state index in [-0.39, 0.29) is 0 Å². The second-order valence-corrected chi connectivity index (χ2v) is 8.71. The van der Waals surface area contributed by atoms with E-state index in [0.717, 1.165) is 57.1 Å². The molecule has 178 valence electrons. The summed E-state index contributed by atoms with van der Waals surface area (Å²) in [5.41, 5.74) is 2.58. The number of hydrogen-bond acceptors (Lipinski definition) is 3. The zero-order chi connectivity index (χ0) is 22.7. The maximum atomic E-state index is 6.21. The molecule has 2 aromatic rings. The minimum Gasteiger partial charge on any atom is -0.493 e. The molecule has 0 saturated carbocycles. The van der Waals surface area contributed by atoms with Crippen LogP contribution in [0.25, 0.3) is 0 Å². The molecule has 2 rings (SSSR count). The third-order valence-corrected chi connectivity index (χ3v) is 5.81. The van der Waals surface area contributed by atoms with Crippen LogP contribution in [0.2, 0.25) is 0 Å². The predicted octanol–water partition coefficient (Wildman–Crippen LogP) is 7.72. The molecule has 0 spiro atoms. The fraction of sp³-hybridized carbons (Fsp3) is 0.586. The van der Waals surface area contributed by atoms with Gasteiger partial charge in [0.05, 0.1) is 13.2 Å². The third-order valence-electron chi connectivity index (χ3n) is 5.81. The minimum absolute atomic E-state index is 0.779. The summed E-state index contributed by atoms with van der Waals surface area (Å²) in [6.07, 6.45) is 13.6. The first-order chi connectivity index (χ1) is 15.8. The van der Waals surface area contributed by atoms with E-state index >= 15 is 0 Å². The van der Waals surface area contributed by atoms with Crippen LogP contribution >= 0.6 is 0 Å². The van der Waals surface area contributed by atoms with E-state index < -0.39 is 0 Å². The third kappa shape index (κ3) is 11.6. The maximum absolute atomic E-state index is 6.21. The van der Waals surface area contributed by atoms with Crippen LogP contribution in [0.1, 0.15) is 89.2 Å². The highest BCUT2D eigenvalue weighted by Gasteiger charge is 2.07. The Balaban J connectivity index is 1.82. The molecule has 32 heavy (non-hydrogen) atoms. The number of unbranched alkanes of at least 4 members (excludes halogenated alkanes) is 8. The van der Waals surface area contributed by atoms with Crippen molar-refractivity contribution in [2.75, 3.05) is 19.8 Å². The predicted molar refractivity (Wildman–Crippen MR) is 137 cm³/mol. The molecule has 3 nitrogen and oxygen atoms in total. The normalized spacial score (nSPS) is 10.9. The zero-order valence-electron chi connectivity index (χ0n) is 20.5. The smallest absolute Gasteiger partial charge is 0.127 e. The largest absolute Gasteiger partial charge is 0.493 e. The Morgan fingerprint density at radius 3 is 2.03 bits per heavy atom. The molecule has 0 aliphatic carbocycles. The Kier molecular flexibility index (Phi) is 14.4. The summed E-state index contributed by atoms with van der Waals surface area (Å²) in [4.78, 5) is 0. The van der Waals surface area contributed by atoms with E-state index in [2.05, 4.69) is 67.7 Å². The molecule has 1 N–H and O–H groups in total. The molecule has 0 bridgehead atoms. The van der Waals surface area contributed by atoms with Crippen LogP contribution in [0.15, 0.2) is 48.5 Å². The van der Waals surface area contributed by atoms with Gasteiger partial charge in [-0.1, -0.05) is 102 Å². The highest BCUT2D eigenvalue weighted by molar-refractivity contribution is 5.40. The average Bonchev–Trinajstić information content (AvgIpc) is 2.83. The molecular formula is C29H45NO2. The van der Waals surface area contributed by atoms with Crippen molar-refractivity contribution < 1.29 is 9.47 Å². The van der Waals surface area contributed by atoms with Gasteiger partial charge >= 0.3 is 0 Å². The molecule has 0 aromatic heterocycles. The van der Waals surface area contributed by atoms with Crippen molar-refractivity contribution >= 4 is 0 Å². The molecule has 0 aliphatic heterocycles. The van der Waals surface area contributed by atoms with Gasteiger partial charge in [0, 0.05) is 18.2 Å². The Morgan fingerprint density at radius 2 is 1.34 bits per heavy atom. The van der Waals surface area contributed by atoms with Crippen molar-refractivity contribution in [2.45, 2.75) is 91.0 Å². The van der Waals surface area contributed by atoms with E-state index in [4.69, 9.17) is 9.47 Å². The average molecular weight is 440 g/mol. The Morgan fingerprint density at radius 1 is 0.688 bits per heavy atom. The zero-order valence-corrected chi connectivity index (χ0v) is 20.5. The van der Waals surface area contributed by atoms with Gasteiger partial charge < -0.3 is 14.8 Å². The van der Waals surface area contributed by atoms with Gasteiger partial charge in [0.2, 0.25) is 0 Å². The van der Waals surface area contributed by atoms with Gasteiger partial charge in [-0.25, -0.2) is 0 Å². The molecule has 0 saturated heterocycles. The molecule has 0 unspecified atom stereocenters. The number of rotatable bonds is 19. The van der Waals surface area contributed by atoms with Gasteiger partial charge in [-0.2, -0.15) is 0 Å². The molecule has 0 heterocycles. The van der Waals surface area contributed by atoms with Gasteiger partial charge in [-0.15, -0.1) is 0 Å². The van der Waals surface area contributed by atoms with Crippen LogP contribution in [0.4, 0.5) is 0 Å². The summed E-state index contributed by atoms with van der Waals surface area (Å²) in [7, 11) is 0. The first-order valence-electron chi connectivity index (χ1n) is 13.0. The molecule has 0 atom stereocenters. The van der Waals surface area contributed by atoms with E-state index in [9.17, 15) is 0 Å². The summed E-state index contributed by atoms with van der Waals surface area (Å²) in [5.74, 6) is 1.89. The molecule has 0 aliphatic rings. The van der Waals surface area contributed by atoms with E-state index in [1.54, 1.807) is 0 Å². The first-order valence-corrected chi connectivity index (χ1v) is 13.0. The van der Waals surface area contributed by atoms with Gasteiger partial charge in [-0.3, -0.25) is 0 Å². The van der Waals surface area contributed by atoms with E-state index in [1.807, 2.05) is 0 Å². The van der Waals surface area contributed by atoms with E-state index in [0.29, 0.717) is 0 Å². The Labute approximate surface area is 196 Å². The standard InChI is InChI=1S/C29H45NO2/c1-3-5-7-9-14-22-31-28-19-18-27(25-30-21-20-26-16-12-11-13-17-26)29(24-28)32-23-15-10-8-6-4-2/h11-13,16-19,24,30H,3-10,14-15,20-23,25H2,1-2H3. The van der Waals surface area contributed by atoms with Crippen molar-refractivity contribution in [1.82, 2.24) is 5.32 Å². The number of nitrogens with one attached hydrogen (secondary N) is 1. The summed E-state index contributed by atoms with van der Waals surface area (Å²) < 4.78 is 12.2. The molecule has 3 heteroatoms. The molecule has 2 aromatic carbocycles. The number of ether oxygens (including phenoxy) is 2. The number of benzene rings is 2. The number of hydrogen-bond donors (Lipinski definition) is 1. The molecular weight excluding hydrogens is 394 g/mol. The van der Waals surface area contributed by atoms with Crippen LogP contribution in [0.3, 0.4) is 0 Å².